The van der Waals surface area contributed by atoms with E-state index in [1.807, 2.05) is 6.92 Å². The third-order valence-electron chi connectivity index (χ3n) is 2.73. The highest BCUT2D eigenvalue weighted by atomic mass is 19.3. The normalized spacial score (nSPS) is 10.7. The average Bonchev–Trinajstić information content (AvgIpc) is 2.47. The van der Waals surface area contributed by atoms with Gasteiger partial charge in [0.2, 0.25) is 0 Å². The highest BCUT2D eigenvalue weighted by molar-refractivity contribution is 6.02. The molecule has 7 heteroatoms. The van der Waals surface area contributed by atoms with Crippen molar-refractivity contribution < 1.29 is 18.3 Å². The number of carbonyl (C=O) groups is 1. The third-order valence-corrected chi connectivity index (χ3v) is 2.73. The standard InChI is InChI=1S/C14H15F2N3O2/c1-2-7-18-14(20)19-10-5-6-11(21-13(15)16)12-9(10)4-3-8-17-12/h3-6,8,13H,2,7H2,1H3,(H2,18,19,20). The van der Waals surface area contributed by atoms with Gasteiger partial charge in [0.15, 0.2) is 5.75 Å². The topological polar surface area (TPSA) is 63.2 Å². The first-order valence-electron chi connectivity index (χ1n) is 6.49. The Bertz CT molecular complexity index is 635. The predicted molar refractivity (Wildman–Crippen MR) is 75.7 cm³/mol. The van der Waals surface area contributed by atoms with E-state index in [0.29, 0.717) is 17.6 Å². The molecule has 0 aliphatic heterocycles. The highest BCUT2D eigenvalue weighted by Crippen LogP contribution is 2.30. The fourth-order valence-electron chi connectivity index (χ4n) is 1.85. The minimum atomic E-state index is -2.93. The predicted octanol–water partition coefficient (Wildman–Crippen LogP) is 3.37. The lowest BCUT2D eigenvalue weighted by Gasteiger charge is -2.12. The quantitative estimate of drug-likeness (QED) is 0.889. The van der Waals surface area contributed by atoms with Gasteiger partial charge in [0.25, 0.3) is 0 Å². The van der Waals surface area contributed by atoms with Crippen LogP contribution in [0, 0.1) is 0 Å². The number of urea groups is 1. The van der Waals surface area contributed by atoms with Gasteiger partial charge >= 0.3 is 12.6 Å². The maximum absolute atomic E-state index is 12.4. The summed E-state index contributed by atoms with van der Waals surface area (Å²) in [4.78, 5) is 15.7. The molecule has 0 atom stereocenters. The first kappa shape index (κ1) is 15.0. The Morgan fingerprint density at radius 1 is 1.38 bits per heavy atom. The van der Waals surface area contributed by atoms with E-state index >= 15 is 0 Å². The number of rotatable bonds is 5. The maximum atomic E-state index is 12.4. The van der Waals surface area contributed by atoms with Crippen LogP contribution in [0.15, 0.2) is 30.5 Å². The van der Waals surface area contributed by atoms with Crippen LogP contribution in [0.3, 0.4) is 0 Å². The number of carbonyl (C=O) groups excluding carboxylic acids is 1. The summed E-state index contributed by atoms with van der Waals surface area (Å²) < 4.78 is 29.2. The summed E-state index contributed by atoms with van der Waals surface area (Å²) in [6, 6.07) is 5.84. The van der Waals surface area contributed by atoms with Crippen molar-refractivity contribution in [3.05, 3.63) is 30.5 Å². The van der Waals surface area contributed by atoms with Gasteiger partial charge in [-0.3, -0.25) is 4.98 Å². The van der Waals surface area contributed by atoms with Crippen molar-refractivity contribution in [2.45, 2.75) is 20.0 Å². The summed E-state index contributed by atoms with van der Waals surface area (Å²) in [5, 5.41) is 5.87. The number of pyridine rings is 1. The zero-order valence-corrected chi connectivity index (χ0v) is 11.4. The summed E-state index contributed by atoms with van der Waals surface area (Å²) in [6.45, 7) is -0.438. The van der Waals surface area contributed by atoms with Gasteiger partial charge in [-0.25, -0.2) is 4.79 Å². The molecule has 1 heterocycles. The number of nitrogens with zero attached hydrogens (tertiary/aromatic N) is 1. The Morgan fingerprint density at radius 3 is 2.90 bits per heavy atom. The van der Waals surface area contributed by atoms with Gasteiger partial charge in [0, 0.05) is 18.1 Å². The van der Waals surface area contributed by atoms with Crippen LogP contribution in [0.1, 0.15) is 13.3 Å². The fraction of sp³-hybridized carbons (Fsp3) is 0.286. The molecular formula is C14H15F2N3O2. The highest BCUT2D eigenvalue weighted by Gasteiger charge is 2.13. The molecule has 0 saturated heterocycles. The number of hydrogen-bond acceptors (Lipinski definition) is 3. The molecule has 21 heavy (non-hydrogen) atoms. The van der Waals surface area contributed by atoms with E-state index < -0.39 is 6.61 Å². The minimum absolute atomic E-state index is 0.0277. The van der Waals surface area contributed by atoms with Crippen LogP contribution in [0.4, 0.5) is 19.3 Å². The largest absolute Gasteiger partial charge is 0.432 e. The lowest BCUT2D eigenvalue weighted by molar-refractivity contribution is -0.0489. The van der Waals surface area contributed by atoms with Crippen LogP contribution in [0.2, 0.25) is 0 Å². The van der Waals surface area contributed by atoms with E-state index in [1.54, 1.807) is 12.1 Å². The monoisotopic (exact) mass is 295 g/mol. The Kier molecular flexibility index (Phi) is 4.86. The number of halogens is 2. The van der Waals surface area contributed by atoms with Gasteiger partial charge in [0.05, 0.1) is 5.69 Å². The summed E-state index contributed by atoms with van der Waals surface area (Å²) >= 11 is 0. The number of amides is 2. The fourth-order valence-corrected chi connectivity index (χ4v) is 1.85. The molecule has 5 nitrogen and oxygen atoms in total. The molecule has 2 aromatic rings. The Hall–Kier alpha value is -2.44. The third kappa shape index (κ3) is 3.77. The molecule has 112 valence electrons. The lowest BCUT2D eigenvalue weighted by atomic mass is 10.1. The van der Waals surface area contributed by atoms with E-state index in [0.717, 1.165) is 6.42 Å². The Balaban J connectivity index is 2.31. The number of benzene rings is 1. The molecule has 1 aromatic heterocycles. The number of hydrogen-bond donors (Lipinski definition) is 2. The smallest absolute Gasteiger partial charge is 0.387 e. The minimum Gasteiger partial charge on any atom is -0.432 e. The van der Waals surface area contributed by atoms with Gasteiger partial charge in [0.1, 0.15) is 5.52 Å². The molecule has 0 radical (unpaired) electrons. The molecule has 0 aliphatic rings. The molecule has 0 saturated carbocycles. The summed E-state index contributed by atoms with van der Waals surface area (Å²) in [7, 11) is 0. The van der Waals surface area contributed by atoms with Crippen molar-refractivity contribution in [1.82, 2.24) is 10.3 Å². The van der Waals surface area contributed by atoms with E-state index in [1.165, 1.54) is 18.3 Å². The van der Waals surface area contributed by atoms with Crippen molar-refractivity contribution in [2.24, 2.45) is 0 Å². The number of fused-ring (bicyclic) bond motifs is 1. The molecule has 0 fully saturated rings. The number of alkyl halides is 2. The molecule has 0 bridgehead atoms. The molecule has 2 rings (SSSR count). The van der Waals surface area contributed by atoms with E-state index in [9.17, 15) is 13.6 Å². The summed E-state index contributed by atoms with van der Waals surface area (Å²) in [5.41, 5.74) is 0.749. The van der Waals surface area contributed by atoms with Gasteiger partial charge in [-0.2, -0.15) is 8.78 Å². The molecule has 1 aromatic carbocycles. The van der Waals surface area contributed by atoms with Crippen molar-refractivity contribution in [2.75, 3.05) is 11.9 Å². The van der Waals surface area contributed by atoms with E-state index in [4.69, 9.17) is 0 Å². The van der Waals surface area contributed by atoms with Crippen LogP contribution in [0.25, 0.3) is 10.9 Å². The van der Waals surface area contributed by atoms with Crippen LogP contribution in [-0.2, 0) is 0 Å². The van der Waals surface area contributed by atoms with E-state index in [2.05, 4.69) is 20.4 Å². The van der Waals surface area contributed by atoms with Gasteiger partial charge in [-0.05, 0) is 30.7 Å². The number of anilines is 1. The lowest BCUT2D eigenvalue weighted by Crippen LogP contribution is -2.29. The second-order valence-corrected chi connectivity index (χ2v) is 4.27. The maximum Gasteiger partial charge on any atom is 0.387 e. The Labute approximate surface area is 120 Å². The van der Waals surface area contributed by atoms with Gasteiger partial charge in [-0.15, -0.1) is 0 Å². The van der Waals surface area contributed by atoms with Crippen LogP contribution < -0.4 is 15.4 Å². The van der Waals surface area contributed by atoms with Gasteiger partial charge in [-0.1, -0.05) is 6.92 Å². The SMILES string of the molecule is CCCNC(=O)Nc1ccc(OC(F)F)c2ncccc12. The van der Waals surface area contributed by atoms with E-state index in [-0.39, 0.29) is 17.3 Å². The second kappa shape index (κ2) is 6.83. The molecule has 0 spiro atoms. The molecule has 0 unspecified atom stereocenters. The number of nitrogens with one attached hydrogen (secondary N) is 2. The molecular weight excluding hydrogens is 280 g/mol. The van der Waals surface area contributed by atoms with Crippen molar-refractivity contribution in [1.29, 1.82) is 0 Å². The van der Waals surface area contributed by atoms with Crippen LogP contribution >= 0.6 is 0 Å². The summed E-state index contributed by atoms with van der Waals surface area (Å²) in [5.74, 6) is -0.0277. The zero-order chi connectivity index (χ0) is 15.2. The van der Waals surface area contributed by atoms with Crippen LogP contribution in [0.5, 0.6) is 5.75 Å². The number of aromatic nitrogens is 1. The summed E-state index contributed by atoms with van der Waals surface area (Å²) in [6.07, 6.45) is 2.29. The molecule has 2 N–H and O–H groups in total. The second-order valence-electron chi connectivity index (χ2n) is 4.27. The van der Waals surface area contributed by atoms with Crippen molar-refractivity contribution >= 4 is 22.6 Å². The molecule has 2 amide bonds. The first-order chi connectivity index (χ1) is 10.1. The van der Waals surface area contributed by atoms with Crippen molar-refractivity contribution in [3.63, 3.8) is 0 Å². The van der Waals surface area contributed by atoms with Gasteiger partial charge < -0.3 is 15.4 Å². The number of ether oxygens (including phenoxy) is 1. The van der Waals surface area contributed by atoms with Crippen molar-refractivity contribution in [3.8, 4) is 5.75 Å². The Morgan fingerprint density at radius 2 is 2.19 bits per heavy atom. The van der Waals surface area contributed by atoms with Crippen LogP contribution in [-0.4, -0.2) is 24.2 Å². The average molecular weight is 295 g/mol. The molecule has 0 aliphatic carbocycles. The first-order valence-corrected chi connectivity index (χ1v) is 6.49. The zero-order valence-electron chi connectivity index (χ0n) is 11.4.